The molecule has 0 saturated carbocycles. The molecule has 2 aromatic rings. The molecule has 1 aromatic carbocycles. The van der Waals surface area contributed by atoms with Gasteiger partial charge in [-0.3, -0.25) is 9.69 Å². The van der Waals surface area contributed by atoms with Crippen LogP contribution in [-0.4, -0.2) is 34.1 Å². The molecule has 0 spiro atoms. The van der Waals surface area contributed by atoms with Gasteiger partial charge in [0, 0.05) is 13.5 Å². The maximum atomic E-state index is 12.8. The highest BCUT2D eigenvalue weighted by Gasteiger charge is 2.12. The van der Waals surface area contributed by atoms with Gasteiger partial charge in [0.05, 0.1) is 13.1 Å². The molecular weight excluding hydrogens is 287 g/mol. The second-order valence-corrected chi connectivity index (χ2v) is 4.92. The smallest absolute Gasteiger partial charge is 0.234 e. The van der Waals surface area contributed by atoms with E-state index in [1.165, 1.54) is 12.1 Å². The number of carbonyl (C=O) groups excluding carboxylic acids is 1. The Balaban J connectivity index is 1.80. The quantitative estimate of drug-likeness (QED) is 0.842. The van der Waals surface area contributed by atoms with Gasteiger partial charge < -0.3 is 9.73 Å². The first-order valence-corrected chi connectivity index (χ1v) is 7.09. The Morgan fingerprint density at radius 3 is 2.64 bits per heavy atom. The molecule has 1 amide bonds. The van der Waals surface area contributed by atoms with Crippen molar-refractivity contribution in [3.05, 3.63) is 47.4 Å². The lowest BCUT2D eigenvalue weighted by Crippen LogP contribution is -2.36. The Hall–Kier alpha value is -2.28. The van der Waals surface area contributed by atoms with E-state index in [9.17, 15) is 9.18 Å². The molecule has 22 heavy (non-hydrogen) atoms. The van der Waals surface area contributed by atoms with Gasteiger partial charge in [-0.05, 0) is 24.2 Å². The number of hydrogen-bond donors (Lipinski definition) is 1. The number of benzene rings is 1. The fourth-order valence-corrected chi connectivity index (χ4v) is 1.93. The van der Waals surface area contributed by atoms with Crippen LogP contribution < -0.4 is 5.32 Å². The summed E-state index contributed by atoms with van der Waals surface area (Å²) in [6.45, 7) is 5.40. The predicted molar refractivity (Wildman–Crippen MR) is 78.2 cm³/mol. The standard InChI is InChI=1S/C15H19FN4O2/c1-3-20(10-15-19-18-11(2)22-15)9-14(21)17-8-12-4-6-13(16)7-5-12/h4-7H,3,8-10H2,1-2H3,(H,17,21). The largest absolute Gasteiger partial charge is 0.424 e. The highest BCUT2D eigenvalue weighted by molar-refractivity contribution is 5.77. The molecule has 0 unspecified atom stereocenters. The number of halogens is 1. The summed E-state index contributed by atoms with van der Waals surface area (Å²) < 4.78 is 18.1. The SMILES string of the molecule is CCN(CC(=O)NCc1ccc(F)cc1)Cc1nnc(C)o1. The Morgan fingerprint density at radius 2 is 2.05 bits per heavy atom. The number of amides is 1. The molecule has 2 rings (SSSR count). The molecule has 6 nitrogen and oxygen atoms in total. The number of rotatable bonds is 7. The molecule has 0 fully saturated rings. The maximum absolute atomic E-state index is 12.8. The highest BCUT2D eigenvalue weighted by Crippen LogP contribution is 2.04. The first kappa shape index (κ1) is 16.1. The van der Waals surface area contributed by atoms with E-state index in [1.54, 1.807) is 19.1 Å². The first-order valence-electron chi connectivity index (χ1n) is 7.09. The van der Waals surface area contributed by atoms with Crippen molar-refractivity contribution in [3.63, 3.8) is 0 Å². The summed E-state index contributed by atoms with van der Waals surface area (Å²) in [4.78, 5) is 13.9. The minimum Gasteiger partial charge on any atom is -0.424 e. The van der Waals surface area contributed by atoms with Gasteiger partial charge in [-0.1, -0.05) is 19.1 Å². The third-order valence-corrected chi connectivity index (χ3v) is 3.14. The van der Waals surface area contributed by atoms with Gasteiger partial charge in [-0.25, -0.2) is 4.39 Å². The topological polar surface area (TPSA) is 71.3 Å². The predicted octanol–water partition coefficient (Wildman–Crippen LogP) is 1.66. The molecule has 1 heterocycles. The van der Waals surface area contributed by atoms with Gasteiger partial charge in [0.25, 0.3) is 0 Å². The van der Waals surface area contributed by atoms with E-state index in [1.807, 2.05) is 11.8 Å². The summed E-state index contributed by atoms with van der Waals surface area (Å²) in [7, 11) is 0. The summed E-state index contributed by atoms with van der Waals surface area (Å²) in [5.41, 5.74) is 0.852. The van der Waals surface area contributed by atoms with E-state index >= 15 is 0 Å². The van der Waals surface area contributed by atoms with Crippen LogP contribution in [0.5, 0.6) is 0 Å². The second kappa shape index (κ2) is 7.65. The fraction of sp³-hybridized carbons (Fsp3) is 0.400. The zero-order valence-electron chi connectivity index (χ0n) is 12.7. The van der Waals surface area contributed by atoms with Crippen molar-refractivity contribution in [1.82, 2.24) is 20.4 Å². The van der Waals surface area contributed by atoms with Gasteiger partial charge in [0.15, 0.2) is 0 Å². The number of nitrogens with one attached hydrogen (secondary N) is 1. The molecule has 0 bridgehead atoms. The van der Waals surface area contributed by atoms with E-state index in [2.05, 4.69) is 15.5 Å². The van der Waals surface area contributed by atoms with E-state index in [0.29, 0.717) is 31.4 Å². The van der Waals surface area contributed by atoms with Gasteiger partial charge in [-0.15, -0.1) is 10.2 Å². The average Bonchev–Trinajstić information content (AvgIpc) is 2.91. The monoisotopic (exact) mass is 306 g/mol. The lowest BCUT2D eigenvalue weighted by molar-refractivity contribution is -0.122. The van der Waals surface area contributed by atoms with Crippen LogP contribution in [0.4, 0.5) is 4.39 Å². The number of aromatic nitrogens is 2. The summed E-state index contributed by atoms with van der Waals surface area (Å²) in [6, 6.07) is 6.04. The van der Waals surface area contributed by atoms with Crippen molar-refractivity contribution in [2.45, 2.75) is 26.9 Å². The summed E-state index contributed by atoms with van der Waals surface area (Å²) in [5.74, 6) is 0.599. The zero-order chi connectivity index (χ0) is 15.9. The second-order valence-electron chi connectivity index (χ2n) is 4.92. The van der Waals surface area contributed by atoms with Crippen LogP contribution in [0.25, 0.3) is 0 Å². The normalized spacial score (nSPS) is 10.9. The Morgan fingerprint density at radius 1 is 1.32 bits per heavy atom. The minimum atomic E-state index is -0.290. The Bertz CT molecular complexity index is 612. The van der Waals surface area contributed by atoms with E-state index < -0.39 is 0 Å². The summed E-state index contributed by atoms with van der Waals surface area (Å²) in [5, 5.41) is 10.5. The van der Waals surface area contributed by atoms with E-state index in [4.69, 9.17) is 4.42 Å². The molecule has 1 N–H and O–H groups in total. The fourth-order valence-electron chi connectivity index (χ4n) is 1.93. The molecule has 1 aromatic heterocycles. The number of carbonyl (C=O) groups is 1. The van der Waals surface area contributed by atoms with Crippen LogP contribution >= 0.6 is 0 Å². The van der Waals surface area contributed by atoms with Crippen LogP contribution in [0, 0.1) is 12.7 Å². The van der Waals surface area contributed by atoms with Crippen LogP contribution in [0.1, 0.15) is 24.3 Å². The van der Waals surface area contributed by atoms with Gasteiger partial charge in [0.1, 0.15) is 5.82 Å². The number of nitrogens with zero attached hydrogens (tertiary/aromatic N) is 3. The zero-order valence-corrected chi connectivity index (χ0v) is 12.7. The van der Waals surface area contributed by atoms with Crippen molar-refractivity contribution in [3.8, 4) is 0 Å². The van der Waals surface area contributed by atoms with Crippen LogP contribution in [0.15, 0.2) is 28.7 Å². The minimum absolute atomic E-state index is 0.109. The van der Waals surface area contributed by atoms with Crippen molar-refractivity contribution in [2.24, 2.45) is 0 Å². The van der Waals surface area contributed by atoms with Crippen molar-refractivity contribution in [2.75, 3.05) is 13.1 Å². The number of hydrogen-bond acceptors (Lipinski definition) is 5. The maximum Gasteiger partial charge on any atom is 0.234 e. The van der Waals surface area contributed by atoms with Crippen molar-refractivity contribution >= 4 is 5.91 Å². The van der Waals surface area contributed by atoms with Crippen molar-refractivity contribution < 1.29 is 13.6 Å². The van der Waals surface area contributed by atoms with Crippen LogP contribution in [-0.2, 0) is 17.9 Å². The first-order chi connectivity index (χ1) is 10.6. The highest BCUT2D eigenvalue weighted by atomic mass is 19.1. The average molecular weight is 306 g/mol. The Kier molecular flexibility index (Phi) is 5.60. The number of likely N-dealkylation sites (N-methyl/N-ethyl adjacent to an activating group) is 1. The van der Waals surface area contributed by atoms with Gasteiger partial charge in [0.2, 0.25) is 17.7 Å². The molecule has 0 aliphatic heterocycles. The third kappa shape index (κ3) is 4.92. The Labute approximate surface area is 128 Å². The number of aryl methyl sites for hydroxylation is 1. The summed E-state index contributed by atoms with van der Waals surface area (Å²) >= 11 is 0. The molecule has 0 aliphatic rings. The van der Waals surface area contributed by atoms with Gasteiger partial charge >= 0.3 is 0 Å². The molecule has 7 heteroatoms. The molecular formula is C15H19FN4O2. The van der Waals surface area contributed by atoms with Crippen LogP contribution in [0.2, 0.25) is 0 Å². The third-order valence-electron chi connectivity index (χ3n) is 3.14. The van der Waals surface area contributed by atoms with Crippen LogP contribution in [0.3, 0.4) is 0 Å². The lowest BCUT2D eigenvalue weighted by Gasteiger charge is -2.17. The molecule has 0 radical (unpaired) electrons. The molecule has 0 aliphatic carbocycles. The van der Waals surface area contributed by atoms with E-state index in [0.717, 1.165) is 5.56 Å². The molecule has 0 saturated heterocycles. The lowest BCUT2D eigenvalue weighted by atomic mass is 10.2. The summed E-state index contributed by atoms with van der Waals surface area (Å²) in [6.07, 6.45) is 0. The molecule has 118 valence electrons. The van der Waals surface area contributed by atoms with Gasteiger partial charge in [-0.2, -0.15) is 0 Å². The van der Waals surface area contributed by atoms with Crippen molar-refractivity contribution in [1.29, 1.82) is 0 Å². The van der Waals surface area contributed by atoms with E-state index in [-0.39, 0.29) is 18.3 Å². The molecule has 0 atom stereocenters.